The summed E-state index contributed by atoms with van der Waals surface area (Å²) >= 11 is 2.84. The molecule has 0 saturated carbocycles. The van der Waals surface area contributed by atoms with Crippen molar-refractivity contribution in [3.8, 4) is 0 Å². The van der Waals surface area contributed by atoms with Crippen LogP contribution in [0.1, 0.15) is 36.8 Å². The number of benzene rings is 1. The molecule has 1 aromatic carbocycles. The van der Waals surface area contributed by atoms with E-state index in [9.17, 15) is 4.79 Å². The van der Waals surface area contributed by atoms with Crippen molar-refractivity contribution in [2.24, 2.45) is 11.5 Å². The summed E-state index contributed by atoms with van der Waals surface area (Å²) in [6.07, 6.45) is 1.93. The van der Waals surface area contributed by atoms with Crippen molar-refractivity contribution in [3.05, 3.63) is 35.4 Å². The van der Waals surface area contributed by atoms with Crippen molar-refractivity contribution in [3.63, 3.8) is 0 Å². The topological polar surface area (TPSA) is 117 Å². The van der Waals surface area contributed by atoms with Gasteiger partial charge < -0.3 is 11.5 Å². The van der Waals surface area contributed by atoms with Crippen LogP contribution < -0.4 is 11.5 Å². The third-order valence-electron chi connectivity index (χ3n) is 3.34. The predicted molar refractivity (Wildman–Crippen MR) is 102 cm³/mol. The second kappa shape index (κ2) is 10.3. The normalized spacial score (nSPS) is 11.9. The van der Waals surface area contributed by atoms with Crippen LogP contribution in [0.25, 0.3) is 0 Å². The Morgan fingerprint density at radius 2 is 1.83 bits per heavy atom. The number of hydrogen-bond donors (Lipinski definition) is 4. The Hall–Kier alpha value is -1.47. The first-order valence-corrected chi connectivity index (χ1v) is 9.37. The Balaban J connectivity index is 2.66. The number of rotatable bonds is 9. The average molecular weight is 353 g/mol. The van der Waals surface area contributed by atoms with Crippen LogP contribution in [0.15, 0.2) is 24.3 Å². The van der Waals surface area contributed by atoms with Crippen LogP contribution in [-0.2, 0) is 11.2 Å². The lowest BCUT2D eigenvalue weighted by molar-refractivity contribution is -0.118. The second-order valence-corrected chi connectivity index (χ2v) is 7.64. The lowest BCUT2D eigenvalue weighted by atomic mass is 9.94. The van der Waals surface area contributed by atoms with Gasteiger partial charge in [-0.15, -0.1) is 11.8 Å². The number of nitrogens with two attached hydrogens (primary N) is 2. The molecule has 126 valence electrons. The van der Waals surface area contributed by atoms with Gasteiger partial charge in [0.1, 0.15) is 0 Å². The van der Waals surface area contributed by atoms with E-state index in [1.807, 2.05) is 0 Å². The number of aryl methyl sites for hydroxylation is 1. The van der Waals surface area contributed by atoms with E-state index >= 15 is 0 Å². The maximum Gasteiger partial charge on any atom is 0.217 e. The van der Waals surface area contributed by atoms with Gasteiger partial charge >= 0.3 is 0 Å². The van der Waals surface area contributed by atoms with E-state index in [4.69, 9.17) is 22.3 Å². The number of amidine groups is 1. The van der Waals surface area contributed by atoms with Crippen LogP contribution in [0.2, 0.25) is 0 Å². The number of carbonyl (C=O) groups excluding carboxylic acids is 1. The summed E-state index contributed by atoms with van der Waals surface area (Å²) in [6.45, 7) is 1.77. The fourth-order valence-electron chi connectivity index (χ4n) is 2.12. The van der Waals surface area contributed by atoms with E-state index in [2.05, 4.69) is 24.3 Å². The molecule has 0 unspecified atom stereocenters. The molecule has 1 atom stereocenters. The van der Waals surface area contributed by atoms with E-state index in [1.165, 1.54) is 34.7 Å². The molecule has 0 heterocycles. The minimum absolute atomic E-state index is 0.146. The summed E-state index contributed by atoms with van der Waals surface area (Å²) in [5.74, 6) is 1.50. The number of thioether (sulfide) groups is 2. The van der Waals surface area contributed by atoms with Gasteiger partial charge in [-0.05, 0) is 36.8 Å². The van der Waals surface area contributed by atoms with Crippen LogP contribution in [-0.4, -0.2) is 27.6 Å². The predicted octanol–water partition coefficient (Wildman–Crippen LogP) is 2.94. The minimum Gasteiger partial charge on any atom is -0.379 e. The van der Waals surface area contributed by atoms with Crippen LogP contribution in [0, 0.1) is 10.8 Å². The summed E-state index contributed by atoms with van der Waals surface area (Å²) in [4.78, 5) is 11.0. The van der Waals surface area contributed by atoms with Crippen LogP contribution in [0.5, 0.6) is 0 Å². The molecular formula is C16H24N4OS2. The molecule has 0 bridgehead atoms. The van der Waals surface area contributed by atoms with Crippen LogP contribution in [0.3, 0.4) is 0 Å². The largest absolute Gasteiger partial charge is 0.379 e. The minimum atomic E-state index is -0.288. The summed E-state index contributed by atoms with van der Waals surface area (Å²) in [6, 6.07) is 8.32. The number of nitrogens with one attached hydrogen (secondary N) is 2. The summed E-state index contributed by atoms with van der Waals surface area (Å²) in [5.41, 5.74) is 13.0. The van der Waals surface area contributed by atoms with Crippen molar-refractivity contribution in [1.82, 2.24) is 0 Å². The van der Waals surface area contributed by atoms with Crippen molar-refractivity contribution in [2.75, 3.05) is 11.5 Å². The zero-order chi connectivity index (χ0) is 17.2. The Labute approximate surface area is 146 Å². The molecule has 0 radical (unpaired) electrons. The number of carbonyl (C=O) groups is 1. The molecular weight excluding hydrogens is 328 g/mol. The maximum absolute atomic E-state index is 11.0. The highest BCUT2D eigenvalue weighted by molar-refractivity contribution is 8.13. The van der Waals surface area contributed by atoms with Gasteiger partial charge in [-0.25, -0.2) is 0 Å². The first-order valence-electron chi connectivity index (χ1n) is 7.40. The Kier molecular flexibility index (Phi) is 8.79. The van der Waals surface area contributed by atoms with Crippen LogP contribution in [0.4, 0.5) is 0 Å². The van der Waals surface area contributed by atoms with E-state index in [-0.39, 0.29) is 17.0 Å². The lowest BCUT2D eigenvalue weighted by Gasteiger charge is -2.16. The highest BCUT2D eigenvalue weighted by Crippen LogP contribution is 2.26. The van der Waals surface area contributed by atoms with Gasteiger partial charge in [-0.2, -0.15) is 0 Å². The van der Waals surface area contributed by atoms with Crippen molar-refractivity contribution >= 4 is 39.6 Å². The second-order valence-electron chi connectivity index (χ2n) is 5.27. The first kappa shape index (κ1) is 19.6. The molecule has 0 aromatic heterocycles. The Morgan fingerprint density at radius 3 is 2.35 bits per heavy atom. The Morgan fingerprint density at radius 1 is 1.17 bits per heavy atom. The molecule has 0 aliphatic carbocycles. The smallest absolute Gasteiger partial charge is 0.217 e. The van der Waals surface area contributed by atoms with E-state index in [0.717, 1.165) is 17.9 Å². The highest BCUT2D eigenvalue weighted by Gasteiger charge is 2.13. The number of amides is 1. The molecule has 23 heavy (non-hydrogen) atoms. The van der Waals surface area contributed by atoms with Gasteiger partial charge in [0.15, 0.2) is 5.17 Å². The molecule has 0 fully saturated rings. The number of primary amides is 1. The summed E-state index contributed by atoms with van der Waals surface area (Å²) in [7, 11) is 0. The zero-order valence-corrected chi connectivity index (χ0v) is 14.9. The maximum atomic E-state index is 11.0. The molecule has 1 aromatic rings. The molecule has 0 aliphatic rings. The van der Waals surface area contributed by atoms with Crippen LogP contribution >= 0.6 is 23.5 Å². The standard InChI is InChI=1S/C16H24N4OS2/c1-11(17)23-10-14(6-7-15(18)21)13-4-2-12(3-5-13)8-9-22-16(19)20/h2-5,14,17H,6-10H2,1H3,(H2,18,21)(H3,19,20)/t14-/m0/s1. The van der Waals surface area contributed by atoms with Crippen molar-refractivity contribution in [1.29, 1.82) is 10.8 Å². The molecule has 5 nitrogen and oxygen atoms in total. The lowest BCUT2D eigenvalue weighted by Crippen LogP contribution is -2.13. The molecule has 0 saturated heterocycles. The molecule has 0 spiro atoms. The van der Waals surface area contributed by atoms with E-state index in [1.54, 1.807) is 6.92 Å². The fraction of sp³-hybridized carbons (Fsp3) is 0.438. The third kappa shape index (κ3) is 8.66. The van der Waals surface area contributed by atoms with Gasteiger partial charge in [0.25, 0.3) is 0 Å². The monoisotopic (exact) mass is 352 g/mol. The van der Waals surface area contributed by atoms with Crippen molar-refractivity contribution in [2.45, 2.75) is 32.1 Å². The molecule has 1 amide bonds. The van der Waals surface area contributed by atoms with Gasteiger partial charge in [-0.3, -0.25) is 15.6 Å². The SMILES string of the molecule is CC(=N)SC[C@H](CCC(N)=O)c1ccc(CCSC(=N)N)cc1. The highest BCUT2D eigenvalue weighted by atomic mass is 32.2. The Bertz CT molecular complexity index is 528. The molecule has 7 heteroatoms. The third-order valence-corrected chi connectivity index (χ3v) is 5.06. The first-order chi connectivity index (χ1) is 10.9. The molecule has 6 N–H and O–H groups in total. The average Bonchev–Trinajstić information content (AvgIpc) is 2.47. The molecule has 0 aliphatic heterocycles. The van der Waals surface area contributed by atoms with Crippen molar-refractivity contribution < 1.29 is 4.79 Å². The summed E-state index contributed by atoms with van der Waals surface area (Å²) in [5, 5.41) is 15.5. The van der Waals surface area contributed by atoms with Gasteiger partial charge in [0, 0.05) is 17.9 Å². The van der Waals surface area contributed by atoms with E-state index in [0.29, 0.717) is 17.9 Å². The van der Waals surface area contributed by atoms with Gasteiger partial charge in [0.05, 0.1) is 5.04 Å². The van der Waals surface area contributed by atoms with Gasteiger partial charge in [-0.1, -0.05) is 36.0 Å². The van der Waals surface area contributed by atoms with E-state index < -0.39 is 0 Å². The fourth-order valence-corrected chi connectivity index (χ4v) is 3.49. The zero-order valence-electron chi connectivity index (χ0n) is 13.3. The summed E-state index contributed by atoms with van der Waals surface area (Å²) < 4.78 is 0. The number of hydrogen-bond acceptors (Lipinski definition) is 5. The van der Waals surface area contributed by atoms with Gasteiger partial charge in [0.2, 0.25) is 5.91 Å². The quantitative estimate of drug-likeness (QED) is 0.404. The molecule has 1 rings (SSSR count).